The van der Waals surface area contributed by atoms with E-state index in [4.69, 9.17) is 0 Å². The molecule has 0 aromatic heterocycles. The number of benzene rings is 1. The molecule has 0 heterocycles. The zero-order valence-corrected chi connectivity index (χ0v) is 10.5. The molecule has 0 aliphatic carbocycles. The molecule has 110 valence electrons. The maximum absolute atomic E-state index is 12.1. The molecule has 0 radical (unpaired) electrons. The van der Waals surface area contributed by atoms with Gasteiger partial charge in [-0.15, -0.1) is 0 Å². The normalized spacial score (nSPS) is 11.0. The fourth-order valence-corrected chi connectivity index (χ4v) is 1.43. The van der Waals surface area contributed by atoms with E-state index >= 15 is 0 Å². The number of anilines is 1. The van der Waals surface area contributed by atoms with Crippen molar-refractivity contribution in [2.45, 2.75) is 13.1 Å². The predicted molar refractivity (Wildman–Crippen MR) is 65.6 cm³/mol. The second-order valence-electron chi connectivity index (χ2n) is 3.82. The molecule has 9 heteroatoms. The third-order valence-corrected chi connectivity index (χ3v) is 2.27. The number of nitrogens with zero attached hydrogens (tertiary/aromatic N) is 1. The van der Waals surface area contributed by atoms with E-state index in [9.17, 15) is 28.1 Å². The lowest BCUT2D eigenvalue weighted by Crippen LogP contribution is -2.23. The van der Waals surface area contributed by atoms with Crippen LogP contribution in [-0.4, -0.2) is 30.1 Å². The first-order chi connectivity index (χ1) is 9.24. The van der Waals surface area contributed by atoms with E-state index in [1.165, 1.54) is 6.07 Å². The summed E-state index contributed by atoms with van der Waals surface area (Å²) < 4.78 is 36.3. The molecule has 1 rings (SSSR count). The van der Waals surface area contributed by atoms with Crippen LogP contribution in [0.2, 0.25) is 0 Å². The van der Waals surface area contributed by atoms with Crippen LogP contribution in [0.15, 0.2) is 18.2 Å². The summed E-state index contributed by atoms with van der Waals surface area (Å²) in [6.07, 6.45) is -4.49. The first-order valence-electron chi connectivity index (χ1n) is 5.62. The molecular weight excluding hydrogens is 279 g/mol. The van der Waals surface area contributed by atoms with Crippen LogP contribution in [0, 0.1) is 10.1 Å². The summed E-state index contributed by atoms with van der Waals surface area (Å²) in [6.45, 7) is 0.612. The van der Waals surface area contributed by atoms with Crippen molar-refractivity contribution in [2.75, 3.05) is 18.4 Å². The van der Waals surface area contributed by atoms with Gasteiger partial charge in [0.25, 0.3) is 11.6 Å². The Hall–Kier alpha value is -2.32. The number of hydrogen-bond donors (Lipinski definition) is 2. The van der Waals surface area contributed by atoms with Crippen molar-refractivity contribution in [1.29, 1.82) is 0 Å². The smallest absolute Gasteiger partial charge is 0.371 e. The Bertz CT molecular complexity index is 517. The first kappa shape index (κ1) is 15.7. The second-order valence-corrected chi connectivity index (χ2v) is 3.82. The standard InChI is InChI=1S/C11H12F3N3O3/c1-2-15-10(18)7-3-4-8(9(5-7)17(19)20)16-6-11(12,13)14/h3-5,16H,2,6H2,1H3,(H,15,18). The summed E-state index contributed by atoms with van der Waals surface area (Å²) in [5.74, 6) is -0.530. The van der Waals surface area contributed by atoms with Gasteiger partial charge in [-0.25, -0.2) is 0 Å². The number of alkyl halides is 3. The van der Waals surface area contributed by atoms with Gasteiger partial charge in [-0.3, -0.25) is 14.9 Å². The lowest BCUT2D eigenvalue weighted by Gasteiger charge is -2.10. The molecule has 1 amide bonds. The molecule has 0 unspecified atom stereocenters. The lowest BCUT2D eigenvalue weighted by atomic mass is 10.1. The van der Waals surface area contributed by atoms with E-state index in [1.54, 1.807) is 6.92 Å². The molecule has 0 spiro atoms. The van der Waals surface area contributed by atoms with Gasteiger partial charge in [0.1, 0.15) is 12.2 Å². The quantitative estimate of drug-likeness (QED) is 0.644. The predicted octanol–water partition coefficient (Wildman–Crippen LogP) is 2.32. The van der Waals surface area contributed by atoms with Gasteiger partial charge in [0.05, 0.1) is 4.92 Å². The molecule has 0 atom stereocenters. The van der Waals surface area contributed by atoms with E-state index < -0.39 is 29.2 Å². The molecule has 0 saturated heterocycles. The van der Waals surface area contributed by atoms with Crippen LogP contribution < -0.4 is 10.6 Å². The van der Waals surface area contributed by atoms with E-state index in [1.807, 2.05) is 5.32 Å². The SMILES string of the molecule is CCNC(=O)c1ccc(NCC(F)(F)F)c([N+](=O)[O-])c1. The summed E-state index contributed by atoms with van der Waals surface area (Å²) in [5.41, 5.74) is -0.866. The molecule has 0 aliphatic rings. The Balaban J connectivity index is 3.02. The van der Waals surface area contributed by atoms with E-state index in [2.05, 4.69) is 5.32 Å². The van der Waals surface area contributed by atoms with Crippen LogP contribution in [-0.2, 0) is 0 Å². The van der Waals surface area contributed by atoms with Crippen molar-refractivity contribution in [2.24, 2.45) is 0 Å². The highest BCUT2D eigenvalue weighted by Gasteiger charge is 2.28. The van der Waals surface area contributed by atoms with Crippen molar-refractivity contribution < 1.29 is 22.9 Å². The molecule has 1 aromatic rings. The number of rotatable bonds is 5. The van der Waals surface area contributed by atoms with Crippen LogP contribution >= 0.6 is 0 Å². The highest BCUT2D eigenvalue weighted by atomic mass is 19.4. The van der Waals surface area contributed by atoms with E-state index in [0.717, 1.165) is 12.1 Å². The molecular formula is C11H12F3N3O3. The molecule has 0 bridgehead atoms. The number of carbonyl (C=O) groups excluding carboxylic acids is 1. The fraction of sp³-hybridized carbons (Fsp3) is 0.364. The lowest BCUT2D eigenvalue weighted by molar-refractivity contribution is -0.384. The van der Waals surface area contributed by atoms with Crippen molar-refractivity contribution >= 4 is 17.3 Å². The second kappa shape index (κ2) is 6.22. The summed E-state index contributed by atoms with van der Waals surface area (Å²) in [4.78, 5) is 21.5. The van der Waals surface area contributed by atoms with Gasteiger partial charge >= 0.3 is 6.18 Å². The van der Waals surface area contributed by atoms with E-state index in [-0.39, 0.29) is 11.3 Å². The third-order valence-electron chi connectivity index (χ3n) is 2.27. The fourth-order valence-electron chi connectivity index (χ4n) is 1.43. The topological polar surface area (TPSA) is 84.3 Å². The average molecular weight is 291 g/mol. The zero-order valence-electron chi connectivity index (χ0n) is 10.5. The van der Waals surface area contributed by atoms with Crippen LogP contribution in [0.1, 0.15) is 17.3 Å². The van der Waals surface area contributed by atoms with Gasteiger partial charge in [0, 0.05) is 18.2 Å². The van der Waals surface area contributed by atoms with Crippen molar-refractivity contribution in [3.05, 3.63) is 33.9 Å². The number of carbonyl (C=O) groups is 1. The van der Waals surface area contributed by atoms with Gasteiger partial charge in [0.2, 0.25) is 0 Å². The summed E-state index contributed by atoms with van der Waals surface area (Å²) in [7, 11) is 0. The Morgan fingerprint density at radius 2 is 2.05 bits per heavy atom. The van der Waals surface area contributed by atoms with Gasteiger partial charge in [-0.2, -0.15) is 13.2 Å². The third kappa shape index (κ3) is 4.41. The van der Waals surface area contributed by atoms with Crippen LogP contribution in [0.25, 0.3) is 0 Å². The molecule has 0 saturated carbocycles. The summed E-state index contributed by atoms with van der Waals surface area (Å²) in [6, 6.07) is 3.23. The van der Waals surface area contributed by atoms with Gasteiger partial charge in [-0.1, -0.05) is 0 Å². The van der Waals surface area contributed by atoms with Crippen LogP contribution in [0.5, 0.6) is 0 Å². The molecule has 2 N–H and O–H groups in total. The summed E-state index contributed by atoms with van der Waals surface area (Å²) in [5, 5.41) is 15.2. The molecule has 1 aromatic carbocycles. The number of halogens is 3. The summed E-state index contributed by atoms with van der Waals surface area (Å²) >= 11 is 0. The Kier molecular flexibility index (Phi) is 4.89. The minimum atomic E-state index is -4.49. The van der Waals surface area contributed by atoms with Crippen LogP contribution in [0.4, 0.5) is 24.5 Å². The van der Waals surface area contributed by atoms with E-state index in [0.29, 0.717) is 6.54 Å². The van der Waals surface area contributed by atoms with Crippen molar-refractivity contribution in [1.82, 2.24) is 5.32 Å². The highest BCUT2D eigenvalue weighted by Crippen LogP contribution is 2.27. The molecule has 6 nitrogen and oxygen atoms in total. The Labute approximate surface area is 112 Å². The van der Waals surface area contributed by atoms with Crippen LogP contribution in [0.3, 0.4) is 0 Å². The highest BCUT2D eigenvalue weighted by molar-refractivity contribution is 5.95. The Morgan fingerprint density at radius 3 is 2.55 bits per heavy atom. The minimum Gasteiger partial charge on any atom is -0.371 e. The largest absolute Gasteiger partial charge is 0.405 e. The maximum atomic E-state index is 12.1. The first-order valence-corrected chi connectivity index (χ1v) is 5.62. The zero-order chi connectivity index (χ0) is 15.3. The van der Waals surface area contributed by atoms with Gasteiger partial charge in [0.15, 0.2) is 0 Å². The molecule has 20 heavy (non-hydrogen) atoms. The minimum absolute atomic E-state index is 0.0103. The monoisotopic (exact) mass is 291 g/mol. The number of nitrogens with one attached hydrogen (secondary N) is 2. The number of nitro benzene ring substituents is 1. The number of hydrogen-bond acceptors (Lipinski definition) is 4. The van der Waals surface area contributed by atoms with Crippen molar-refractivity contribution in [3.8, 4) is 0 Å². The van der Waals surface area contributed by atoms with Gasteiger partial charge in [-0.05, 0) is 19.1 Å². The Morgan fingerprint density at radius 1 is 1.40 bits per heavy atom. The van der Waals surface area contributed by atoms with Crippen molar-refractivity contribution in [3.63, 3.8) is 0 Å². The van der Waals surface area contributed by atoms with Gasteiger partial charge < -0.3 is 10.6 Å². The maximum Gasteiger partial charge on any atom is 0.405 e. The molecule has 0 aliphatic heterocycles. The average Bonchev–Trinajstić information content (AvgIpc) is 2.35. The number of nitro groups is 1. The number of amides is 1. The molecule has 0 fully saturated rings.